The molecule has 0 radical (unpaired) electrons. The number of rotatable bonds is 11. The summed E-state index contributed by atoms with van der Waals surface area (Å²) >= 11 is 1.21. The van der Waals surface area contributed by atoms with Gasteiger partial charge in [-0.05, 0) is 80.4 Å². The van der Waals surface area contributed by atoms with Gasteiger partial charge in [0, 0.05) is 24.2 Å². The lowest BCUT2D eigenvalue weighted by atomic mass is 9.95. The number of carbonyl (C=O) groups excluding carboxylic acids is 2. The number of hydrogen-bond acceptors (Lipinski definition) is 10. The first-order valence-electron chi connectivity index (χ1n) is 16.2. The zero-order valence-corrected chi connectivity index (χ0v) is 29.2. The highest BCUT2D eigenvalue weighted by atomic mass is 32.1. The third kappa shape index (κ3) is 6.88. The zero-order chi connectivity index (χ0) is 35.4. The van der Waals surface area contributed by atoms with Gasteiger partial charge in [0.2, 0.25) is 0 Å². The maximum Gasteiger partial charge on any atom is 0.338 e. The van der Waals surface area contributed by atoms with Gasteiger partial charge in [0.1, 0.15) is 11.4 Å². The molecular formula is C38H36N4O7S. The van der Waals surface area contributed by atoms with Gasteiger partial charge in [-0.3, -0.25) is 14.2 Å². The summed E-state index contributed by atoms with van der Waals surface area (Å²) < 4.78 is 25.7. The fourth-order valence-corrected chi connectivity index (χ4v) is 6.74. The van der Waals surface area contributed by atoms with Crippen LogP contribution in [-0.4, -0.2) is 46.6 Å². The van der Waals surface area contributed by atoms with E-state index in [1.807, 2.05) is 60.8 Å². The standard InChI is InChI=1S/C38H36N4O7S/c1-6-19-48-29-16-13-25(14-17-29)34-27(22-41(40-34)28-11-9-8-10-12-28)21-32-36(44)42-35(26-15-18-30(49-24(4)43)31(20-26)46-5)33(37(45)47-7-2)23(3)39-38(42)50-32/h8-18,20-22,35H,6-7,19H2,1-5H3/b32-21-/t35-/m1/s1. The molecule has 11 nitrogen and oxygen atoms in total. The normalized spacial score (nSPS) is 14.2. The fourth-order valence-electron chi connectivity index (χ4n) is 5.70. The highest BCUT2D eigenvalue weighted by Crippen LogP contribution is 2.36. The lowest BCUT2D eigenvalue weighted by molar-refractivity contribution is -0.139. The summed E-state index contributed by atoms with van der Waals surface area (Å²) in [4.78, 5) is 44.7. The van der Waals surface area contributed by atoms with E-state index in [0.29, 0.717) is 38.5 Å². The van der Waals surface area contributed by atoms with Crippen LogP contribution >= 0.6 is 11.3 Å². The number of thiazole rings is 1. The number of esters is 2. The van der Waals surface area contributed by atoms with Crippen LogP contribution in [-0.2, 0) is 14.3 Å². The van der Waals surface area contributed by atoms with E-state index in [1.54, 1.807) is 42.8 Å². The summed E-state index contributed by atoms with van der Waals surface area (Å²) in [6.45, 7) is 7.55. The Kier molecular flexibility index (Phi) is 10.1. The average Bonchev–Trinajstić information content (AvgIpc) is 3.67. The monoisotopic (exact) mass is 692 g/mol. The van der Waals surface area contributed by atoms with Crippen molar-refractivity contribution in [2.75, 3.05) is 20.3 Å². The average molecular weight is 693 g/mol. The highest BCUT2D eigenvalue weighted by Gasteiger charge is 2.34. The van der Waals surface area contributed by atoms with Crippen molar-refractivity contribution in [3.63, 3.8) is 0 Å². The van der Waals surface area contributed by atoms with Crippen molar-refractivity contribution in [3.8, 4) is 34.2 Å². The molecule has 0 aliphatic carbocycles. The van der Waals surface area contributed by atoms with Crippen LogP contribution in [0.15, 0.2) is 100 Å². The summed E-state index contributed by atoms with van der Waals surface area (Å²) in [5.74, 6) is 0.138. The van der Waals surface area contributed by atoms with E-state index in [1.165, 1.54) is 29.9 Å². The van der Waals surface area contributed by atoms with Crippen LogP contribution in [0.25, 0.3) is 23.0 Å². The molecule has 2 aromatic heterocycles. The number of hydrogen-bond donors (Lipinski definition) is 0. The molecule has 6 rings (SSSR count). The van der Waals surface area contributed by atoms with Gasteiger partial charge in [-0.25, -0.2) is 14.5 Å². The molecule has 50 heavy (non-hydrogen) atoms. The van der Waals surface area contributed by atoms with Gasteiger partial charge in [-0.1, -0.05) is 42.5 Å². The topological polar surface area (TPSA) is 123 Å². The number of benzene rings is 3. The largest absolute Gasteiger partial charge is 0.494 e. The minimum atomic E-state index is -0.894. The molecule has 0 fully saturated rings. The van der Waals surface area contributed by atoms with Crippen molar-refractivity contribution in [1.82, 2.24) is 14.3 Å². The summed E-state index contributed by atoms with van der Waals surface area (Å²) in [7, 11) is 1.45. The molecule has 1 atom stereocenters. The van der Waals surface area contributed by atoms with Crippen LogP contribution < -0.4 is 29.1 Å². The molecule has 12 heteroatoms. The van der Waals surface area contributed by atoms with E-state index >= 15 is 0 Å². The maximum absolute atomic E-state index is 14.4. The van der Waals surface area contributed by atoms with E-state index in [2.05, 4.69) is 6.92 Å². The molecular weight excluding hydrogens is 657 g/mol. The second-order valence-electron chi connectivity index (χ2n) is 11.4. The number of para-hydroxylation sites is 1. The van der Waals surface area contributed by atoms with Gasteiger partial charge in [0.05, 0.1) is 47.9 Å². The van der Waals surface area contributed by atoms with Crippen LogP contribution in [0.2, 0.25) is 0 Å². The van der Waals surface area contributed by atoms with Gasteiger partial charge >= 0.3 is 11.9 Å². The molecule has 0 bridgehead atoms. The fraction of sp³-hybridized carbons (Fsp3) is 0.237. The second kappa shape index (κ2) is 14.8. The maximum atomic E-state index is 14.4. The number of allylic oxidation sites excluding steroid dienone is 1. The molecule has 1 aliphatic heterocycles. The van der Waals surface area contributed by atoms with Crippen molar-refractivity contribution in [3.05, 3.63) is 121 Å². The summed E-state index contributed by atoms with van der Waals surface area (Å²) in [5.41, 5.74) is 3.94. The molecule has 0 amide bonds. The summed E-state index contributed by atoms with van der Waals surface area (Å²) in [6, 6.07) is 21.5. The number of fused-ring (bicyclic) bond motifs is 1. The van der Waals surface area contributed by atoms with Crippen molar-refractivity contribution in [1.29, 1.82) is 0 Å². The van der Waals surface area contributed by atoms with Crippen LogP contribution in [0.3, 0.4) is 0 Å². The number of ether oxygens (including phenoxy) is 4. The molecule has 256 valence electrons. The quantitative estimate of drug-likeness (QED) is 0.134. The second-order valence-corrected chi connectivity index (χ2v) is 12.4. The number of aromatic nitrogens is 3. The SMILES string of the molecule is CCCOc1ccc(-c2nn(-c3ccccc3)cc2/C=c2\sc3n(c2=O)[C@H](c2ccc(OC(C)=O)c(OC)c2)C(C(=O)OCC)=C(C)N=3)cc1. The van der Waals surface area contributed by atoms with Gasteiger partial charge in [-0.2, -0.15) is 5.10 Å². The Morgan fingerprint density at radius 1 is 1.00 bits per heavy atom. The van der Waals surface area contributed by atoms with Crippen molar-refractivity contribution >= 4 is 29.4 Å². The number of methoxy groups -OCH3 is 1. The number of nitrogens with zero attached hydrogens (tertiary/aromatic N) is 4. The molecule has 5 aromatic rings. The van der Waals surface area contributed by atoms with Crippen molar-refractivity contribution < 1.29 is 28.5 Å². The van der Waals surface area contributed by atoms with Gasteiger partial charge in [0.25, 0.3) is 5.56 Å². The third-order valence-electron chi connectivity index (χ3n) is 7.92. The first kappa shape index (κ1) is 34.1. The van der Waals surface area contributed by atoms with Crippen molar-refractivity contribution in [2.24, 2.45) is 4.99 Å². The Labute approximate surface area is 292 Å². The van der Waals surface area contributed by atoms with Crippen LogP contribution in [0, 0.1) is 0 Å². The molecule has 3 heterocycles. The zero-order valence-electron chi connectivity index (χ0n) is 28.3. The smallest absolute Gasteiger partial charge is 0.338 e. The summed E-state index contributed by atoms with van der Waals surface area (Å²) in [5, 5.41) is 4.93. The molecule has 0 saturated carbocycles. The molecule has 0 N–H and O–H groups in total. The molecule has 0 unspecified atom stereocenters. The Bertz CT molecular complexity index is 2270. The van der Waals surface area contributed by atoms with Crippen LogP contribution in [0.5, 0.6) is 17.2 Å². The number of carbonyl (C=O) groups is 2. The van der Waals surface area contributed by atoms with Gasteiger partial charge in [-0.15, -0.1) is 0 Å². The summed E-state index contributed by atoms with van der Waals surface area (Å²) in [6.07, 6.45) is 4.59. The first-order chi connectivity index (χ1) is 24.2. The van der Waals surface area contributed by atoms with Gasteiger partial charge < -0.3 is 18.9 Å². The van der Waals surface area contributed by atoms with E-state index in [-0.39, 0.29) is 29.2 Å². The lowest BCUT2D eigenvalue weighted by Gasteiger charge is -2.25. The van der Waals surface area contributed by atoms with Crippen molar-refractivity contribution in [2.45, 2.75) is 40.2 Å². The Morgan fingerprint density at radius 2 is 1.76 bits per heavy atom. The minimum Gasteiger partial charge on any atom is -0.494 e. The van der Waals surface area contributed by atoms with E-state index < -0.39 is 18.0 Å². The van der Waals surface area contributed by atoms with E-state index in [0.717, 1.165) is 23.4 Å². The van der Waals surface area contributed by atoms with Crippen LogP contribution in [0.4, 0.5) is 0 Å². The third-order valence-corrected chi connectivity index (χ3v) is 8.91. The lowest BCUT2D eigenvalue weighted by Crippen LogP contribution is -2.40. The van der Waals surface area contributed by atoms with E-state index in [4.69, 9.17) is 29.0 Å². The molecule has 0 spiro atoms. The Morgan fingerprint density at radius 3 is 2.44 bits per heavy atom. The highest BCUT2D eigenvalue weighted by molar-refractivity contribution is 7.07. The molecule has 0 saturated heterocycles. The minimum absolute atomic E-state index is 0.140. The first-order valence-corrected chi connectivity index (χ1v) is 17.0. The molecule has 3 aromatic carbocycles. The Hall–Kier alpha value is -5.75. The Balaban J connectivity index is 1.52. The predicted molar refractivity (Wildman–Crippen MR) is 189 cm³/mol. The molecule has 1 aliphatic rings. The van der Waals surface area contributed by atoms with E-state index in [9.17, 15) is 14.4 Å². The van der Waals surface area contributed by atoms with Gasteiger partial charge in [0.15, 0.2) is 16.3 Å². The predicted octanol–water partition coefficient (Wildman–Crippen LogP) is 5.37. The van der Waals surface area contributed by atoms with Crippen LogP contribution in [0.1, 0.15) is 51.3 Å².